The van der Waals surface area contributed by atoms with Crippen LogP contribution in [0.5, 0.6) is 5.75 Å². The largest absolute Gasteiger partial charge is 0.495 e. The van der Waals surface area contributed by atoms with Gasteiger partial charge >= 0.3 is 0 Å². The van der Waals surface area contributed by atoms with Gasteiger partial charge in [0.2, 0.25) is 5.69 Å². The van der Waals surface area contributed by atoms with Gasteiger partial charge in [-0.2, -0.15) is 0 Å². The number of rotatable bonds is 2. The van der Waals surface area contributed by atoms with Crippen molar-refractivity contribution in [1.82, 2.24) is 4.90 Å². The Kier molecular flexibility index (Phi) is 3.58. The number of nitrogen functional groups attached to an aromatic ring is 1. The fraction of sp³-hybridized carbons (Fsp3) is 0.462. The number of piperazine rings is 1. The summed E-state index contributed by atoms with van der Waals surface area (Å²) < 4.78 is 5.23. The van der Waals surface area contributed by atoms with E-state index in [4.69, 9.17) is 17.0 Å². The first-order valence-corrected chi connectivity index (χ1v) is 5.94. The maximum absolute atomic E-state index is 7.26. The Morgan fingerprint density at radius 3 is 2.50 bits per heavy atom. The fourth-order valence-corrected chi connectivity index (χ4v) is 2.14. The van der Waals surface area contributed by atoms with E-state index in [1.54, 1.807) is 13.2 Å². The summed E-state index contributed by atoms with van der Waals surface area (Å²) in [6, 6.07) is 3.56. The Morgan fingerprint density at radius 1 is 1.28 bits per heavy atom. The summed E-state index contributed by atoms with van der Waals surface area (Å²) >= 11 is 0. The van der Waals surface area contributed by atoms with Gasteiger partial charge in [0, 0.05) is 31.9 Å². The maximum Gasteiger partial charge on any atom is 0.212 e. The van der Waals surface area contributed by atoms with E-state index in [1.165, 1.54) is 0 Å². The highest BCUT2D eigenvalue weighted by Gasteiger charge is 2.18. The minimum Gasteiger partial charge on any atom is -0.495 e. The Hall–Kier alpha value is -1.93. The smallest absolute Gasteiger partial charge is 0.212 e. The summed E-state index contributed by atoms with van der Waals surface area (Å²) in [7, 11) is 3.70. The lowest BCUT2D eigenvalue weighted by molar-refractivity contribution is 0.313. The zero-order chi connectivity index (χ0) is 13.1. The molecule has 1 fully saturated rings. The van der Waals surface area contributed by atoms with Crippen LogP contribution < -0.4 is 15.4 Å². The van der Waals surface area contributed by atoms with Crippen LogP contribution in [-0.2, 0) is 0 Å². The highest BCUT2D eigenvalue weighted by Crippen LogP contribution is 2.37. The lowest BCUT2D eigenvalue weighted by Crippen LogP contribution is -2.44. The molecule has 1 aromatic carbocycles. The molecule has 1 saturated heterocycles. The molecule has 0 aliphatic carbocycles. The lowest BCUT2D eigenvalue weighted by Gasteiger charge is -2.35. The molecule has 1 aliphatic heterocycles. The third-order valence-electron chi connectivity index (χ3n) is 3.29. The molecular weight excluding hydrogens is 228 g/mol. The Morgan fingerprint density at radius 2 is 1.94 bits per heavy atom. The molecule has 0 amide bonds. The van der Waals surface area contributed by atoms with Gasteiger partial charge in [0.1, 0.15) is 5.75 Å². The topological polar surface area (TPSA) is 46.1 Å². The molecule has 0 spiro atoms. The van der Waals surface area contributed by atoms with E-state index in [0.717, 1.165) is 31.9 Å². The first kappa shape index (κ1) is 12.5. The zero-order valence-corrected chi connectivity index (χ0v) is 10.8. The molecule has 0 atom stereocenters. The van der Waals surface area contributed by atoms with Crippen LogP contribution in [0.4, 0.5) is 17.1 Å². The van der Waals surface area contributed by atoms with Crippen LogP contribution in [0.2, 0.25) is 0 Å². The Bertz CT molecular complexity index is 473. The van der Waals surface area contributed by atoms with E-state index < -0.39 is 0 Å². The van der Waals surface area contributed by atoms with Crippen molar-refractivity contribution in [3.63, 3.8) is 0 Å². The van der Waals surface area contributed by atoms with Gasteiger partial charge in [-0.1, -0.05) is 0 Å². The van der Waals surface area contributed by atoms with Crippen LogP contribution in [0.15, 0.2) is 12.1 Å². The number of likely N-dealkylation sites (N-methyl/N-ethyl adjacent to an activating group) is 1. The highest BCUT2D eigenvalue weighted by atomic mass is 16.5. The summed E-state index contributed by atoms with van der Waals surface area (Å²) in [5, 5.41) is 0. The van der Waals surface area contributed by atoms with Crippen molar-refractivity contribution in [2.75, 3.05) is 51.0 Å². The molecule has 18 heavy (non-hydrogen) atoms. The second-order valence-corrected chi connectivity index (χ2v) is 4.49. The maximum atomic E-state index is 7.26. The van der Waals surface area contributed by atoms with Crippen LogP contribution in [0.25, 0.3) is 4.85 Å². The van der Waals surface area contributed by atoms with Gasteiger partial charge in [-0.3, -0.25) is 0 Å². The van der Waals surface area contributed by atoms with E-state index in [0.29, 0.717) is 17.1 Å². The molecule has 5 heteroatoms. The molecule has 96 valence electrons. The van der Waals surface area contributed by atoms with Crippen LogP contribution >= 0.6 is 0 Å². The van der Waals surface area contributed by atoms with Crippen molar-refractivity contribution in [1.29, 1.82) is 0 Å². The molecule has 1 heterocycles. The Labute approximate surface area is 108 Å². The zero-order valence-electron chi connectivity index (χ0n) is 10.8. The lowest BCUT2D eigenvalue weighted by atomic mass is 10.2. The molecule has 0 saturated carbocycles. The number of hydrogen-bond acceptors (Lipinski definition) is 4. The predicted octanol–water partition coefficient (Wildman–Crippen LogP) is 1.58. The van der Waals surface area contributed by atoms with E-state index in [1.807, 2.05) is 6.07 Å². The van der Waals surface area contributed by atoms with Crippen molar-refractivity contribution in [2.45, 2.75) is 0 Å². The van der Waals surface area contributed by atoms with E-state index in [-0.39, 0.29) is 0 Å². The number of ether oxygens (including phenoxy) is 1. The quantitative estimate of drug-likeness (QED) is 0.635. The summed E-state index contributed by atoms with van der Waals surface area (Å²) in [5.41, 5.74) is 7.86. The summed E-state index contributed by atoms with van der Waals surface area (Å²) in [6.45, 7) is 11.1. The van der Waals surface area contributed by atoms with Crippen molar-refractivity contribution in [3.8, 4) is 5.75 Å². The monoisotopic (exact) mass is 246 g/mol. The van der Waals surface area contributed by atoms with Crippen molar-refractivity contribution in [2.24, 2.45) is 0 Å². The van der Waals surface area contributed by atoms with Gasteiger partial charge in [0.25, 0.3) is 0 Å². The van der Waals surface area contributed by atoms with E-state index in [2.05, 4.69) is 21.7 Å². The van der Waals surface area contributed by atoms with Crippen LogP contribution in [0, 0.1) is 6.57 Å². The average molecular weight is 246 g/mol. The molecule has 1 aliphatic rings. The van der Waals surface area contributed by atoms with Crippen LogP contribution in [-0.4, -0.2) is 45.2 Å². The average Bonchev–Trinajstić information content (AvgIpc) is 2.39. The number of anilines is 2. The molecule has 0 radical (unpaired) electrons. The highest BCUT2D eigenvalue weighted by molar-refractivity contribution is 5.79. The van der Waals surface area contributed by atoms with Crippen LogP contribution in [0.3, 0.4) is 0 Å². The molecular formula is C13H18N4O. The first-order chi connectivity index (χ1) is 8.65. The van der Waals surface area contributed by atoms with Gasteiger partial charge in [0.05, 0.1) is 19.4 Å². The second kappa shape index (κ2) is 5.15. The van der Waals surface area contributed by atoms with Crippen molar-refractivity contribution < 1.29 is 4.74 Å². The van der Waals surface area contributed by atoms with Gasteiger partial charge in [-0.15, -0.1) is 0 Å². The molecule has 0 aromatic heterocycles. The van der Waals surface area contributed by atoms with Gasteiger partial charge in [-0.05, 0) is 19.2 Å². The van der Waals surface area contributed by atoms with Crippen molar-refractivity contribution >= 4 is 17.1 Å². The molecule has 0 unspecified atom stereocenters. The summed E-state index contributed by atoms with van der Waals surface area (Å²) in [6.07, 6.45) is 0. The molecule has 0 bridgehead atoms. The van der Waals surface area contributed by atoms with Gasteiger partial charge in [-0.25, -0.2) is 4.85 Å². The second-order valence-electron chi connectivity index (χ2n) is 4.49. The van der Waals surface area contributed by atoms with Gasteiger partial charge in [0.15, 0.2) is 0 Å². The summed E-state index contributed by atoms with van der Waals surface area (Å²) in [4.78, 5) is 8.06. The van der Waals surface area contributed by atoms with E-state index in [9.17, 15) is 0 Å². The first-order valence-electron chi connectivity index (χ1n) is 5.94. The summed E-state index contributed by atoms with van der Waals surface area (Å²) in [5.74, 6) is 0.635. The van der Waals surface area contributed by atoms with Crippen LogP contribution in [0.1, 0.15) is 0 Å². The molecule has 2 rings (SSSR count). The standard InChI is InChI=1S/C13H18N4O/c1-15-11-8-10(14)13(18-3)9-12(11)17-6-4-16(2)5-7-17/h8-9H,4-7,14H2,2-3H3. The molecule has 2 N–H and O–H groups in total. The minimum absolute atomic E-state index is 0.515. The van der Waals surface area contributed by atoms with Crippen molar-refractivity contribution in [3.05, 3.63) is 23.5 Å². The van der Waals surface area contributed by atoms with Gasteiger partial charge < -0.3 is 20.3 Å². The minimum atomic E-state index is 0.515. The number of benzene rings is 1. The third kappa shape index (κ3) is 2.34. The fourth-order valence-electron chi connectivity index (χ4n) is 2.14. The normalized spacial score (nSPS) is 16.4. The third-order valence-corrected chi connectivity index (χ3v) is 3.29. The number of nitrogens with two attached hydrogens (primary N) is 1. The number of hydrogen-bond donors (Lipinski definition) is 1. The van der Waals surface area contributed by atoms with E-state index >= 15 is 0 Å². The Balaban J connectivity index is 2.34. The molecule has 5 nitrogen and oxygen atoms in total. The number of methoxy groups -OCH3 is 1. The number of nitrogens with zero attached hydrogens (tertiary/aromatic N) is 3. The SMILES string of the molecule is [C-]#[N+]c1cc(N)c(OC)cc1N1CCN(C)CC1. The molecule has 1 aromatic rings. The predicted molar refractivity (Wildman–Crippen MR) is 73.4 cm³/mol.